The lowest BCUT2D eigenvalue weighted by Crippen LogP contribution is -2.34. The minimum Gasteiger partial charge on any atom is -0.374 e. The zero-order valence-corrected chi connectivity index (χ0v) is 13.3. The Morgan fingerprint density at radius 1 is 1.24 bits per heavy atom. The normalized spacial score (nSPS) is 12.9. The van der Waals surface area contributed by atoms with Gasteiger partial charge in [-0.3, -0.25) is 4.79 Å². The molecule has 2 heterocycles. The number of anilines is 2. The molecule has 0 bridgehead atoms. The van der Waals surface area contributed by atoms with Crippen LogP contribution in [0.15, 0.2) is 48.8 Å². The summed E-state index contributed by atoms with van der Waals surface area (Å²) in [6.07, 6.45) is 2.26. The van der Waals surface area contributed by atoms with Gasteiger partial charge >= 0.3 is 0 Å². The summed E-state index contributed by atoms with van der Waals surface area (Å²) >= 11 is 0. The molecule has 0 saturated heterocycles. The summed E-state index contributed by atoms with van der Waals surface area (Å²) in [7, 11) is 0. The number of carbonyl (C=O) groups excluding carboxylic acids is 1. The fourth-order valence-corrected chi connectivity index (χ4v) is 2.93. The van der Waals surface area contributed by atoms with Gasteiger partial charge < -0.3 is 10.2 Å². The summed E-state index contributed by atoms with van der Waals surface area (Å²) in [6.45, 7) is 0.650. The van der Waals surface area contributed by atoms with Crippen molar-refractivity contribution in [2.24, 2.45) is 0 Å². The molecular formula is C17H15FN6O. The number of fused-ring (bicyclic) bond motifs is 1. The second-order valence-electron chi connectivity index (χ2n) is 5.70. The molecule has 0 fully saturated rings. The van der Waals surface area contributed by atoms with Crippen LogP contribution in [0, 0.1) is 5.82 Å². The Bertz CT molecular complexity index is 911. The van der Waals surface area contributed by atoms with E-state index in [9.17, 15) is 9.18 Å². The van der Waals surface area contributed by atoms with Gasteiger partial charge in [0.2, 0.25) is 5.91 Å². The smallest absolute Gasteiger partial charge is 0.246 e. The maximum atomic E-state index is 14.0. The minimum atomic E-state index is -0.438. The molecule has 2 aromatic carbocycles. The number of amides is 1. The predicted molar refractivity (Wildman–Crippen MR) is 90.1 cm³/mol. The lowest BCUT2D eigenvalue weighted by molar-refractivity contribution is -0.116. The quantitative estimate of drug-likeness (QED) is 0.785. The molecule has 1 amide bonds. The number of benzene rings is 2. The Kier molecular flexibility index (Phi) is 3.85. The van der Waals surface area contributed by atoms with E-state index in [1.165, 1.54) is 17.1 Å². The zero-order valence-electron chi connectivity index (χ0n) is 13.3. The SMILES string of the molecule is O=C(CNc1cc(-n2cnnn2)ccc1F)N1CCc2ccccc21. The van der Waals surface area contributed by atoms with Crippen LogP contribution >= 0.6 is 0 Å². The first kappa shape index (κ1) is 15.3. The minimum absolute atomic E-state index is 0.00428. The molecule has 0 atom stereocenters. The molecular weight excluding hydrogens is 323 g/mol. The average Bonchev–Trinajstić information content (AvgIpc) is 3.30. The van der Waals surface area contributed by atoms with Crippen molar-refractivity contribution in [2.45, 2.75) is 6.42 Å². The third-order valence-corrected chi connectivity index (χ3v) is 4.18. The van der Waals surface area contributed by atoms with Crippen molar-refractivity contribution in [3.63, 3.8) is 0 Å². The van der Waals surface area contributed by atoms with E-state index in [2.05, 4.69) is 20.8 Å². The van der Waals surface area contributed by atoms with Crippen molar-refractivity contribution >= 4 is 17.3 Å². The second kappa shape index (κ2) is 6.31. The van der Waals surface area contributed by atoms with Gasteiger partial charge in [0.05, 0.1) is 17.9 Å². The standard InChI is InChI=1S/C17H15FN6O/c18-14-6-5-13(24-11-20-21-22-24)9-15(14)19-10-17(25)23-8-7-12-3-1-2-4-16(12)23/h1-6,9,11,19H,7-8,10H2. The van der Waals surface area contributed by atoms with Gasteiger partial charge in [0, 0.05) is 12.2 Å². The number of rotatable bonds is 4. The first-order chi connectivity index (χ1) is 12.2. The topological polar surface area (TPSA) is 75.9 Å². The van der Waals surface area contributed by atoms with Crippen molar-refractivity contribution in [3.8, 4) is 5.69 Å². The van der Waals surface area contributed by atoms with E-state index in [4.69, 9.17) is 0 Å². The Morgan fingerprint density at radius 3 is 2.96 bits per heavy atom. The molecule has 0 spiro atoms. The van der Waals surface area contributed by atoms with Crippen LogP contribution in [0.25, 0.3) is 5.69 Å². The molecule has 0 radical (unpaired) electrons. The van der Waals surface area contributed by atoms with E-state index in [1.807, 2.05) is 24.3 Å². The molecule has 1 aliphatic rings. The third-order valence-electron chi connectivity index (χ3n) is 4.18. The number of nitrogens with zero attached hydrogens (tertiary/aromatic N) is 5. The molecule has 8 heteroatoms. The number of carbonyl (C=O) groups is 1. The highest BCUT2D eigenvalue weighted by Gasteiger charge is 2.23. The number of hydrogen-bond donors (Lipinski definition) is 1. The van der Waals surface area contributed by atoms with E-state index in [0.29, 0.717) is 12.2 Å². The van der Waals surface area contributed by atoms with Gasteiger partial charge in [-0.05, 0) is 46.7 Å². The van der Waals surface area contributed by atoms with Crippen molar-refractivity contribution in [3.05, 3.63) is 60.2 Å². The number of aromatic nitrogens is 4. The molecule has 1 aliphatic heterocycles. The number of tetrazole rings is 1. The predicted octanol–water partition coefficient (Wildman–Crippen LogP) is 1.80. The highest BCUT2D eigenvalue weighted by molar-refractivity contribution is 5.98. The second-order valence-corrected chi connectivity index (χ2v) is 5.70. The molecule has 1 N–H and O–H groups in total. The number of halogens is 1. The van der Waals surface area contributed by atoms with Crippen LogP contribution in [0.3, 0.4) is 0 Å². The van der Waals surface area contributed by atoms with E-state index in [0.717, 1.165) is 17.7 Å². The molecule has 0 aliphatic carbocycles. The number of para-hydroxylation sites is 1. The molecule has 126 valence electrons. The fourth-order valence-electron chi connectivity index (χ4n) is 2.93. The van der Waals surface area contributed by atoms with E-state index in [1.54, 1.807) is 17.0 Å². The summed E-state index contributed by atoms with van der Waals surface area (Å²) < 4.78 is 15.4. The summed E-state index contributed by atoms with van der Waals surface area (Å²) in [5.41, 5.74) is 2.92. The summed E-state index contributed by atoms with van der Waals surface area (Å²) in [6, 6.07) is 12.3. The highest BCUT2D eigenvalue weighted by Crippen LogP contribution is 2.27. The highest BCUT2D eigenvalue weighted by atomic mass is 19.1. The number of hydrogen-bond acceptors (Lipinski definition) is 5. The number of nitrogens with one attached hydrogen (secondary N) is 1. The monoisotopic (exact) mass is 338 g/mol. The van der Waals surface area contributed by atoms with Crippen LogP contribution in [0.5, 0.6) is 0 Å². The maximum Gasteiger partial charge on any atom is 0.246 e. The average molecular weight is 338 g/mol. The molecule has 7 nitrogen and oxygen atoms in total. The fraction of sp³-hybridized carbons (Fsp3) is 0.176. The molecule has 25 heavy (non-hydrogen) atoms. The summed E-state index contributed by atoms with van der Waals surface area (Å²) in [4.78, 5) is 14.2. The van der Waals surface area contributed by atoms with Gasteiger partial charge in [0.1, 0.15) is 12.1 Å². The van der Waals surface area contributed by atoms with Crippen LogP contribution in [0.1, 0.15) is 5.56 Å². The van der Waals surface area contributed by atoms with Crippen LogP contribution in [-0.4, -0.2) is 39.2 Å². The van der Waals surface area contributed by atoms with Crippen molar-refractivity contribution in [2.75, 3.05) is 23.3 Å². The molecule has 1 aromatic heterocycles. The van der Waals surface area contributed by atoms with Gasteiger partial charge in [-0.2, -0.15) is 0 Å². The largest absolute Gasteiger partial charge is 0.374 e. The Labute approximate surface area is 143 Å². The molecule has 3 aromatic rings. The molecule has 4 rings (SSSR count). The van der Waals surface area contributed by atoms with Crippen LogP contribution in [0.2, 0.25) is 0 Å². The molecule has 0 saturated carbocycles. The Balaban J connectivity index is 1.48. The lowest BCUT2D eigenvalue weighted by atomic mass is 10.2. The summed E-state index contributed by atoms with van der Waals surface area (Å²) in [5, 5.41) is 13.8. The van der Waals surface area contributed by atoms with E-state index < -0.39 is 5.82 Å². The van der Waals surface area contributed by atoms with Crippen molar-refractivity contribution < 1.29 is 9.18 Å². The Morgan fingerprint density at radius 2 is 2.12 bits per heavy atom. The van der Waals surface area contributed by atoms with Gasteiger partial charge in [0.15, 0.2) is 0 Å². The first-order valence-electron chi connectivity index (χ1n) is 7.87. The summed E-state index contributed by atoms with van der Waals surface area (Å²) in [5.74, 6) is -0.538. The van der Waals surface area contributed by atoms with Crippen molar-refractivity contribution in [1.29, 1.82) is 0 Å². The lowest BCUT2D eigenvalue weighted by Gasteiger charge is -2.18. The van der Waals surface area contributed by atoms with Crippen molar-refractivity contribution in [1.82, 2.24) is 20.2 Å². The van der Waals surface area contributed by atoms with Gasteiger partial charge in [-0.25, -0.2) is 9.07 Å². The van der Waals surface area contributed by atoms with Gasteiger partial charge in [-0.1, -0.05) is 18.2 Å². The van der Waals surface area contributed by atoms with Gasteiger partial charge in [0.25, 0.3) is 0 Å². The van der Waals surface area contributed by atoms with Gasteiger partial charge in [-0.15, -0.1) is 5.10 Å². The Hall–Kier alpha value is -3.29. The van der Waals surface area contributed by atoms with E-state index in [-0.39, 0.29) is 18.1 Å². The third kappa shape index (κ3) is 2.93. The van der Waals surface area contributed by atoms with Crippen LogP contribution in [0.4, 0.5) is 15.8 Å². The van der Waals surface area contributed by atoms with E-state index >= 15 is 0 Å². The maximum absolute atomic E-state index is 14.0. The van der Waals surface area contributed by atoms with Crippen LogP contribution in [-0.2, 0) is 11.2 Å². The zero-order chi connectivity index (χ0) is 17.2. The first-order valence-corrected chi connectivity index (χ1v) is 7.87. The molecule has 0 unspecified atom stereocenters. The van der Waals surface area contributed by atoms with Crippen LogP contribution < -0.4 is 10.2 Å².